The van der Waals surface area contributed by atoms with Crippen molar-refractivity contribution >= 4 is 11.8 Å². The zero-order valence-electron chi connectivity index (χ0n) is 15.6. The van der Waals surface area contributed by atoms with Crippen molar-refractivity contribution in [1.82, 2.24) is 14.8 Å². The summed E-state index contributed by atoms with van der Waals surface area (Å²) in [6, 6.07) is 6.68. The lowest BCUT2D eigenvalue weighted by molar-refractivity contribution is 0.215. The zero-order valence-corrected chi connectivity index (χ0v) is 16.4. The van der Waals surface area contributed by atoms with Gasteiger partial charge in [0.2, 0.25) is 0 Å². The summed E-state index contributed by atoms with van der Waals surface area (Å²) in [5, 5.41) is 18.7. The number of ether oxygens (including phenoxy) is 1. The second-order valence-electron chi connectivity index (χ2n) is 7.64. The predicted octanol–water partition coefficient (Wildman–Crippen LogP) is 4.08. The predicted molar refractivity (Wildman–Crippen MR) is 102 cm³/mol. The molecule has 1 heterocycles. The fourth-order valence-corrected chi connectivity index (χ4v) is 5.61. The fraction of sp³-hybridized carbons (Fsp3) is 0.600. The number of benzene rings is 1. The Kier molecular flexibility index (Phi) is 5.68. The second kappa shape index (κ2) is 8.19. The summed E-state index contributed by atoms with van der Waals surface area (Å²) in [5.41, 5.74) is 0. The van der Waals surface area contributed by atoms with Gasteiger partial charge >= 0.3 is 0 Å². The summed E-state index contributed by atoms with van der Waals surface area (Å²) < 4.78 is 21.7. The Balaban J connectivity index is 1.55. The van der Waals surface area contributed by atoms with Gasteiger partial charge in [0.05, 0.1) is 6.61 Å². The van der Waals surface area contributed by atoms with E-state index in [1.807, 2.05) is 0 Å². The molecule has 5 nitrogen and oxygen atoms in total. The van der Waals surface area contributed by atoms with Gasteiger partial charge in [-0.2, -0.15) is 0 Å². The minimum atomic E-state index is -0.375. The maximum atomic E-state index is 13.9. The summed E-state index contributed by atoms with van der Waals surface area (Å²) in [6.45, 7) is 2.52. The Hall–Kier alpha value is -1.60. The van der Waals surface area contributed by atoms with Crippen LogP contribution in [-0.2, 0) is 6.61 Å². The molecule has 1 aromatic carbocycles. The first-order chi connectivity index (χ1) is 13.2. The first-order valence-corrected chi connectivity index (χ1v) is 10.7. The van der Waals surface area contributed by atoms with Crippen molar-refractivity contribution < 1.29 is 14.2 Å². The van der Waals surface area contributed by atoms with Gasteiger partial charge in [0.1, 0.15) is 6.61 Å². The van der Waals surface area contributed by atoms with Crippen LogP contribution in [0.1, 0.15) is 44.5 Å². The number of fused-ring (bicyclic) bond motifs is 2. The lowest BCUT2D eigenvalue weighted by Gasteiger charge is -2.30. The molecule has 0 amide bonds. The van der Waals surface area contributed by atoms with Crippen molar-refractivity contribution in [2.45, 2.75) is 50.4 Å². The summed E-state index contributed by atoms with van der Waals surface area (Å²) in [5.74, 6) is 3.42. The highest BCUT2D eigenvalue weighted by molar-refractivity contribution is 7.99. The average Bonchev–Trinajstić information content (AvgIpc) is 3.40. The molecule has 2 saturated carbocycles. The minimum Gasteiger partial charge on any atom is -0.483 e. The fourth-order valence-electron chi connectivity index (χ4n) is 4.83. The molecular formula is C20H26FN3O2S. The molecule has 4 atom stereocenters. The van der Waals surface area contributed by atoms with Crippen molar-refractivity contribution in [1.29, 1.82) is 0 Å². The normalized spacial score (nSPS) is 25.1. The van der Waals surface area contributed by atoms with Gasteiger partial charge in [-0.15, -0.1) is 10.2 Å². The number of para-hydroxylation sites is 1. The minimum absolute atomic E-state index is 0.0983. The molecule has 0 unspecified atom stereocenters. The first-order valence-electron chi connectivity index (χ1n) is 9.72. The van der Waals surface area contributed by atoms with Crippen molar-refractivity contribution in [2.75, 3.05) is 12.4 Å². The number of thioether (sulfide) groups is 1. The smallest absolute Gasteiger partial charge is 0.191 e. The summed E-state index contributed by atoms with van der Waals surface area (Å²) >= 11 is 1.51. The van der Waals surface area contributed by atoms with E-state index in [0.29, 0.717) is 17.5 Å². The van der Waals surface area contributed by atoms with Crippen LogP contribution in [0.15, 0.2) is 29.4 Å². The van der Waals surface area contributed by atoms with Crippen molar-refractivity contribution in [3.8, 4) is 5.75 Å². The Morgan fingerprint density at radius 3 is 2.85 bits per heavy atom. The SMILES string of the molecule is C[C@@H]([C@@H]1C[C@H]2CC[C@H]1C2)n1c(COc2ccccc2F)nnc1SCCO. The van der Waals surface area contributed by atoms with Crippen LogP contribution in [0.2, 0.25) is 0 Å². The van der Waals surface area contributed by atoms with E-state index in [9.17, 15) is 9.50 Å². The lowest BCUT2D eigenvalue weighted by Crippen LogP contribution is -2.24. The van der Waals surface area contributed by atoms with Gasteiger partial charge in [-0.1, -0.05) is 30.3 Å². The number of aliphatic hydroxyl groups is 1. The van der Waals surface area contributed by atoms with Gasteiger partial charge in [-0.3, -0.25) is 4.57 Å². The summed E-state index contributed by atoms with van der Waals surface area (Å²) in [4.78, 5) is 0. The van der Waals surface area contributed by atoms with E-state index in [-0.39, 0.29) is 30.8 Å². The van der Waals surface area contributed by atoms with Gasteiger partial charge < -0.3 is 9.84 Å². The van der Waals surface area contributed by atoms with E-state index in [2.05, 4.69) is 21.7 Å². The van der Waals surface area contributed by atoms with E-state index in [4.69, 9.17) is 4.74 Å². The van der Waals surface area contributed by atoms with E-state index >= 15 is 0 Å². The molecule has 2 fully saturated rings. The second-order valence-corrected chi connectivity index (χ2v) is 8.70. The van der Waals surface area contributed by atoms with Gasteiger partial charge in [-0.25, -0.2) is 4.39 Å². The molecule has 4 rings (SSSR count). The highest BCUT2D eigenvalue weighted by Gasteiger charge is 2.43. The third-order valence-electron chi connectivity index (χ3n) is 6.07. The molecule has 0 aliphatic heterocycles. The van der Waals surface area contributed by atoms with E-state index in [1.165, 1.54) is 43.5 Å². The van der Waals surface area contributed by atoms with E-state index in [1.54, 1.807) is 18.2 Å². The number of aromatic nitrogens is 3. The van der Waals surface area contributed by atoms with Crippen LogP contribution in [0, 0.1) is 23.6 Å². The van der Waals surface area contributed by atoms with Crippen LogP contribution in [0.25, 0.3) is 0 Å². The van der Waals surface area contributed by atoms with Gasteiger partial charge in [-0.05, 0) is 56.1 Å². The summed E-state index contributed by atoms with van der Waals surface area (Å²) in [7, 11) is 0. The van der Waals surface area contributed by atoms with Crippen LogP contribution in [0.4, 0.5) is 4.39 Å². The maximum Gasteiger partial charge on any atom is 0.191 e. The van der Waals surface area contributed by atoms with Gasteiger partial charge in [0.15, 0.2) is 22.5 Å². The molecule has 2 aromatic rings. The average molecular weight is 392 g/mol. The van der Waals surface area contributed by atoms with Crippen LogP contribution in [0.3, 0.4) is 0 Å². The lowest BCUT2D eigenvalue weighted by atomic mass is 9.84. The third-order valence-corrected chi connectivity index (χ3v) is 6.99. The Bertz CT molecular complexity index is 784. The highest BCUT2D eigenvalue weighted by Crippen LogP contribution is 2.52. The van der Waals surface area contributed by atoms with Gasteiger partial charge in [0, 0.05) is 11.8 Å². The molecule has 2 bridgehead atoms. The first kappa shape index (κ1) is 18.7. The largest absolute Gasteiger partial charge is 0.483 e. The van der Waals surface area contributed by atoms with Gasteiger partial charge in [0.25, 0.3) is 0 Å². The Morgan fingerprint density at radius 2 is 2.15 bits per heavy atom. The summed E-state index contributed by atoms with van der Waals surface area (Å²) in [6.07, 6.45) is 5.30. The van der Waals surface area contributed by atoms with Crippen molar-refractivity contribution in [3.63, 3.8) is 0 Å². The van der Waals surface area contributed by atoms with E-state index in [0.717, 1.165) is 17.0 Å². The molecule has 2 aliphatic carbocycles. The van der Waals surface area contributed by atoms with Crippen LogP contribution in [0.5, 0.6) is 5.75 Å². The molecule has 1 N–H and O–H groups in total. The molecule has 1 aromatic heterocycles. The number of rotatable bonds is 8. The molecule has 0 spiro atoms. The Labute approximate surface area is 163 Å². The van der Waals surface area contributed by atoms with Crippen LogP contribution in [-0.4, -0.2) is 32.2 Å². The van der Waals surface area contributed by atoms with Crippen molar-refractivity contribution in [3.05, 3.63) is 35.9 Å². The van der Waals surface area contributed by atoms with Crippen molar-refractivity contribution in [2.24, 2.45) is 17.8 Å². The number of aliphatic hydroxyl groups excluding tert-OH is 1. The highest BCUT2D eigenvalue weighted by atomic mass is 32.2. The third kappa shape index (κ3) is 3.85. The molecule has 2 aliphatic rings. The quantitative estimate of drug-likeness (QED) is 0.687. The van der Waals surface area contributed by atoms with Crippen LogP contribution < -0.4 is 4.74 Å². The molecular weight excluding hydrogens is 365 g/mol. The standard InChI is InChI=1S/C20H26FN3O2S/c1-13(16-11-14-6-7-15(16)10-14)24-19(22-23-20(24)27-9-8-25)12-26-18-5-3-2-4-17(18)21/h2-5,13-16,25H,6-12H2,1H3/t13-,14-,15-,16-/m0/s1. The number of hydrogen-bond acceptors (Lipinski definition) is 5. The topological polar surface area (TPSA) is 60.2 Å². The molecule has 0 radical (unpaired) electrons. The maximum absolute atomic E-state index is 13.9. The molecule has 0 saturated heterocycles. The molecule has 7 heteroatoms. The number of nitrogens with zero attached hydrogens (tertiary/aromatic N) is 3. The van der Waals surface area contributed by atoms with Crippen LogP contribution >= 0.6 is 11.8 Å². The molecule has 27 heavy (non-hydrogen) atoms. The number of hydrogen-bond donors (Lipinski definition) is 1. The molecule has 146 valence electrons. The van der Waals surface area contributed by atoms with E-state index < -0.39 is 0 Å². The monoisotopic (exact) mass is 391 g/mol. The number of halogens is 1. The Morgan fingerprint density at radius 1 is 1.30 bits per heavy atom. The zero-order chi connectivity index (χ0) is 18.8.